The molecule has 0 amide bonds. The molecule has 26 valence electrons. The van der Waals surface area contributed by atoms with Crippen molar-refractivity contribution in [3.05, 3.63) is 0 Å². The van der Waals surface area contributed by atoms with Gasteiger partial charge in [-0.3, -0.25) is 0 Å². The molecule has 0 fully saturated rings. The molecule has 0 aromatic heterocycles. The van der Waals surface area contributed by atoms with Crippen molar-refractivity contribution in [1.29, 1.82) is 0 Å². The number of rotatable bonds is 0. The van der Waals surface area contributed by atoms with Crippen LogP contribution in [0.25, 0.3) is 0 Å². The Kier molecular flexibility index (Phi) is 162. The maximum absolute atomic E-state index is 8.34. The van der Waals surface area contributed by atoms with E-state index in [0.29, 0.717) is 22.5 Å². The van der Waals surface area contributed by atoms with Gasteiger partial charge in [0.2, 0.25) is 0 Å². The van der Waals surface area contributed by atoms with E-state index in [9.17, 15) is 0 Å². The molecule has 0 aliphatic rings. The van der Waals surface area contributed by atoms with Crippen molar-refractivity contribution in [3.63, 3.8) is 0 Å². The minimum atomic E-state index is 0. The predicted octanol–water partition coefficient (Wildman–Crippen LogP) is 0.714. The molecule has 3 heteroatoms. The SMILES string of the molecule is Br.C.[O]=[Sn]. The standard InChI is InChI=1S/CH4.BrH.O.Sn/h1H4;1H;;. The fourth-order valence-corrected chi connectivity index (χ4v) is 0. The topological polar surface area (TPSA) is 17.1 Å². The summed E-state index contributed by atoms with van der Waals surface area (Å²) in [6.07, 6.45) is 0. The van der Waals surface area contributed by atoms with Gasteiger partial charge in [0.05, 0.1) is 0 Å². The van der Waals surface area contributed by atoms with Gasteiger partial charge in [-0.2, -0.15) is 0 Å². The molecule has 0 aliphatic heterocycles. The zero-order valence-electron chi connectivity index (χ0n) is 1.32. The molecule has 0 atom stereocenters. The van der Waals surface area contributed by atoms with Crippen LogP contribution in [0.3, 0.4) is 0 Å². The van der Waals surface area contributed by atoms with Gasteiger partial charge in [0.15, 0.2) is 0 Å². The van der Waals surface area contributed by atoms with Gasteiger partial charge in [0, 0.05) is 0 Å². The van der Waals surface area contributed by atoms with E-state index in [-0.39, 0.29) is 24.4 Å². The van der Waals surface area contributed by atoms with Crippen LogP contribution in [0.2, 0.25) is 0 Å². The van der Waals surface area contributed by atoms with Gasteiger partial charge in [-0.05, 0) is 0 Å². The first-order valence-electron chi connectivity index (χ1n) is 0.204. The molecule has 0 aliphatic carbocycles. The molecule has 0 rings (SSSR count). The Balaban J connectivity index is -0.00000000500. The molecule has 0 saturated carbocycles. The fourth-order valence-electron chi connectivity index (χ4n) is 0. The molecule has 0 saturated heterocycles. The summed E-state index contributed by atoms with van der Waals surface area (Å²) in [7, 11) is 0. The Labute approximate surface area is 50.0 Å². The van der Waals surface area contributed by atoms with E-state index in [0.717, 1.165) is 0 Å². The zero-order chi connectivity index (χ0) is 2.00. The summed E-state index contributed by atoms with van der Waals surface area (Å²) >= 11 is 0.300. The van der Waals surface area contributed by atoms with Crippen molar-refractivity contribution in [2.45, 2.75) is 7.43 Å². The monoisotopic (exact) mass is 232 g/mol. The second-order valence-electron chi connectivity index (χ2n) is 0. The van der Waals surface area contributed by atoms with Crippen LogP contribution in [0.5, 0.6) is 0 Å². The van der Waals surface area contributed by atoms with Crippen molar-refractivity contribution in [2.75, 3.05) is 0 Å². The summed E-state index contributed by atoms with van der Waals surface area (Å²) in [5.41, 5.74) is 0. The summed E-state index contributed by atoms with van der Waals surface area (Å²) in [5, 5.41) is 0. The summed E-state index contributed by atoms with van der Waals surface area (Å²) in [5.74, 6) is 0. The Morgan fingerprint density at radius 3 is 1.25 bits per heavy atom. The summed E-state index contributed by atoms with van der Waals surface area (Å²) in [6.45, 7) is 0. The quantitative estimate of drug-likeness (QED) is 0.562. The third kappa shape index (κ3) is 11.4. The van der Waals surface area contributed by atoms with Crippen LogP contribution in [0.15, 0.2) is 0 Å². The summed E-state index contributed by atoms with van der Waals surface area (Å²) in [6, 6.07) is 0. The average Bonchev–Trinajstić information content (AvgIpc) is 1.00. The first kappa shape index (κ1) is 19.6. The molecule has 0 unspecified atom stereocenters. The van der Waals surface area contributed by atoms with E-state index in [1.807, 2.05) is 0 Å². The van der Waals surface area contributed by atoms with Crippen LogP contribution in [-0.4, -0.2) is 22.5 Å². The van der Waals surface area contributed by atoms with E-state index in [1.165, 1.54) is 0 Å². The molecule has 4 heavy (non-hydrogen) atoms. The number of hydrogen-bond acceptors (Lipinski definition) is 1. The van der Waals surface area contributed by atoms with Crippen LogP contribution in [0.4, 0.5) is 0 Å². The molecule has 0 aromatic rings. The van der Waals surface area contributed by atoms with Crippen molar-refractivity contribution >= 4 is 39.5 Å². The van der Waals surface area contributed by atoms with Crippen LogP contribution >= 0.6 is 17.0 Å². The Bertz CT molecular complexity index is 8.00. The van der Waals surface area contributed by atoms with Crippen molar-refractivity contribution < 1.29 is 3.08 Å². The molecule has 0 N–H and O–H groups in total. The molecule has 0 aromatic carbocycles. The van der Waals surface area contributed by atoms with Gasteiger partial charge >= 0.3 is 25.6 Å². The molecule has 2 radical (unpaired) electrons. The van der Waals surface area contributed by atoms with Gasteiger partial charge in [0.25, 0.3) is 0 Å². The summed E-state index contributed by atoms with van der Waals surface area (Å²) < 4.78 is 8.34. The third-order valence-corrected chi connectivity index (χ3v) is 0. The van der Waals surface area contributed by atoms with Crippen LogP contribution in [0, 0.1) is 0 Å². The van der Waals surface area contributed by atoms with Gasteiger partial charge in [-0.1, -0.05) is 7.43 Å². The van der Waals surface area contributed by atoms with Gasteiger partial charge in [-0.25, -0.2) is 0 Å². The fraction of sp³-hybridized carbons (Fsp3) is 1.00. The number of hydrogen-bond donors (Lipinski definition) is 0. The van der Waals surface area contributed by atoms with Crippen molar-refractivity contribution in [3.8, 4) is 0 Å². The van der Waals surface area contributed by atoms with Crippen LogP contribution < -0.4 is 0 Å². The summed E-state index contributed by atoms with van der Waals surface area (Å²) in [4.78, 5) is 0. The van der Waals surface area contributed by atoms with Crippen molar-refractivity contribution in [1.82, 2.24) is 0 Å². The Hall–Kier alpha value is 1.08. The second-order valence-corrected chi connectivity index (χ2v) is 0. The Morgan fingerprint density at radius 2 is 1.25 bits per heavy atom. The van der Waals surface area contributed by atoms with Crippen LogP contribution in [0.1, 0.15) is 7.43 Å². The van der Waals surface area contributed by atoms with E-state index in [1.54, 1.807) is 0 Å². The maximum atomic E-state index is 8.34. The van der Waals surface area contributed by atoms with Gasteiger partial charge in [0.1, 0.15) is 0 Å². The van der Waals surface area contributed by atoms with E-state index >= 15 is 0 Å². The third-order valence-electron chi connectivity index (χ3n) is 0. The average molecular weight is 232 g/mol. The molecule has 1 nitrogen and oxygen atoms in total. The van der Waals surface area contributed by atoms with E-state index < -0.39 is 0 Å². The first-order chi connectivity index (χ1) is 1.00. The van der Waals surface area contributed by atoms with Crippen molar-refractivity contribution in [2.24, 2.45) is 0 Å². The second kappa shape index (κ2) is 33.2. The Morgan fingerprint density at radius 1 is 1.25 bits per heavy atom. The zero-order valence-corrected chi connectivity index (χ0v) is 5.88. The predicted molar refractivity (Wildman–Crippen MR) is 23.5 cm³/mol. The molecule has 0 heterocycles. The minimum absolute atomic E-state index is 0. The van der Waals surface area contributed by atoms with Crippen LogP contribution in [-0.2, 0) is 3.08 Å². The first-order valence-corrected chi connectivity index (χ1v) is 1.37. The number of halogens is 1. The van der Waals surface area contributed by atoms with E-state index in [2.05, 4.69) is 0 Å². The molecular weight excluding hydrogens is 227 g/mol. The van der Waals surface area contributed by atoms with Gasteiger partial charge in [-0.15, -0.1) is 17.0 Å². The van der Waals surface area contributed by atoms with Gasteiger partial charge < -0.3 is 0 Å². The normalized spacial score (nSPS) is 1.00. The molecule has 0 bridgehead atoms. The molecular formula is CH5BrOSn. The van der Waals surface area contributed by atoms with E-state index in [4.69, 9.17) is 3.08 Å². The molecule has 0 spiro atoms.